The zero-order chi connectivity index (χ0) is 19.6. The Labute approximate surface area is 162 Å². The van der Waals surface area contributed by atoms with Crippen molar-refractivity contribution < 1.29 is 28.2 Å². The number of hydrogen-bond acceptors (Lipinski definition) is 6. The molecule has 28 heavy (non-hydrogen) atoms. The molecule has 1 aromatic heterocycles. The monoisotopic (exact) mass is 378 g/mol. The predicted molar refractivity (Wildman–Crippen MR) is 102 cm³/mol. The summed E-state index contributed by atoms with van der Waals surface area (Å²) in [5, 5.41) is 0. The summed E-state index contributed by atoms with van der Waals surface area (Å²) in [7, 11) is 0. The lowest BCUT2D eigenvalue weighted by atomic mass is 10.2. The van der Waals surface area contributed by atoms with Crippen LogP contribution in [-0.2, 0) is 9.53 Å². The number of benzene rings is 2. The highest BCUT2D eigenvalue weighted by Gasteiger charge is 2.08. The first-order valence-electron chi connectivity index (χ1n) is 8.59. The van der Waals surface area contributed by atoms with Gasteiger partial charge in [0.1, 0.15) is 30.5 Å². The van der Waals surface area contributed by atoms with Gasteiger partial charge in [0.25, 0.3) is 0 Å². The quantitative estimate of drug-likeness (QED) is 0.254. The molecule has 6 heteroatoms. The van der Waals surface area contributed by atoms with Gasteiger partial charge >= 0.3 is 11.9 Å². The van der Waals surface area contributed by atoms with E-state index in [-0.39, 0.29) is 13.2 Å². The fourth-order valence-corrected chi connectivity index (χ4v) is 2.24. The molecule has 0 spiro atoms. The average Bonchev–Trinajstić information content (AvgIpc) is 3.25. The van der Waals surface area contributed by atoms with Crippen molar-refractivity contribution >= 4 is 18.0 Å². The minimum absolute atomic E-state index is 0.127. The van der Waals surface area contributed by atoms with Gasteiger partial charge in [-0.2, -0.15) is 0 Å². The van der Waals surface area contributed by atoms with Crippen molar-refractivity contribution in [1.82, 2.24) is 0 Å². The number of rotatable bonds is 8. The third kappa shape index (κ3) is 5.88. The lowest BCUT2D eigenvalue weighted by Crippen LogP contribution is -2.12. The molecular weight excluding hydrogens is 360 g/mol. The van der Waals surface area contributed by atoms with Crippen LogP contribution in [0.5, 0.6) is 11.5 Å². The summed E-state index contributed by atoms with van der Waals surface area (Å²) in [5.41, 5.74) is 0.352. The van der Waals surface area contributed by atoms with Crippen LogP contribution in [0.25, 0.3) is 6.08 Å². The summed E-state index contributed by atoms with van der Waals surface area (Å²) in [5.74, 6) is 0.548. The molecule has 3 aromatic rings. The van der Waals surface area contributed by atoms with Crippen LogP contribution in [0.2, 0.25) is 0 Å². The predicted octanol–water partition coefficient (Wildman–Crippen LogP) is 4.13. The van der Waals surface area contributed by atoms with Crippen molar-refractivity contribution in [1.29, 1.82) is 0 Å². The average molecular weight is 378 g/mol. The lowest BCUT2D eigenvalue weighted by molar-refractivity contribution is -0.128. The molecule has 0 radical (unpaired) electrons. The number of furan rings is 1. The van der Waals surface area contributed by atoms with Crippen molar-refractivity contribution in [2.24, 2.45) is 0 Å². The topological polar surface area (TPSA) is 75.0 Å². The second-order valence-electron chi connectivity index (χ2n) is 5.59. The Morgan fingerprint density at radius 2 is 1.64 bits per heavy atom. The fraction of sp³-hybridized carbons (Fsp3) is 0.0909. The van der Waals surface area contributed by atoms with E-state index >= 15 is 0 Å². The molecule has 3 rings (SSSR count). The van der Waals surface area contributed by atoms with E-state index in [0.717, 1.165) is 0 Å². The first-order valence-corrected chi connectivity index (χ1v) is 8.59. The summed E-state index contributed by atoms with van der Waals surface area (Å²) < 4.78 is 20.9. The van der Waals surface area contributed by atoms with Crippen LogP contribution in [0.4, 0.5) is 0 Å². The zero-order valence-electron chi connectivity index (χ0n) is 14.9. The molecule has 0 atom stereocenters. The van der Waals surface area contributed by atoms with E-state index in [4.69, 9.17) is 18.6 Å². The van der Waals surface area contributed by atoms with Crippen molar-refractivity contribution in [3.8, 4) is 11.5 Å². The van der Waals surface area contributed by atoms with Crippen LogP contribution in [0.1, 0.15) is 16.1 Å². The van der Waals surface area contributed by atoms with Gasteiger partial charge < -0.3 is 18.6 Å². The number of para-hydroxylation sites is 1. The third-order valence-electron chi connectivity index (χ3n) is 3.56. The summed E-state index contributed by atoms with van der Waals surface area (Å²) in [4.78, 5) is 23.8. The molecule has 0 unspecified atom stereocenters. The molecule has 0 N–H and O–H groups in total. The molecule has 1 heterocycles. The second kappa shape index (κ2) is 9.78. The molecular formula is C22H18O6. The highest BCUT2D eigenvalue weighted by molar-refractivity contribution is 5.90. The smallest absolute Gasteiger partial charge is 0.338 e. The largest absolute Gasteiger partial charge is 0.490 e. The maximum Gasteiger partial charge on any atom is 0.338 e. The van der Waals surface area contributed by atoms with Gasteiger partial charge in [-0.3, -0.25) is 0 Å². The van der Waals surface area contributed by atoms with E-state index in [0.29, 0.717) is 22.8 Å². The van der Waals surface area contributed by atoms with E-state index in [1.165, 1.54) is 42.7 Å². The minimum Gasteiger partial charge on any atom is -0.490 e. The Hall–Kier alpha value is -3.80. The van der Waals surface area contributed by atoms with Gasteiger partial charge in [-0.1, -0.05) is 18.2 Å². The minimum atomic E-state index is -0.551. The Balaban J connectivity index is 1.42. The molecule has 0 saturated carbocycles. The standard InChI is InChI=1S/C22H18O6/c23-21(13-12-19-7-4-14-25-19)28-20-10-8-17(9-11-20)22(24)27-16-15-26-18-5-2-1-3-6-18/h1-14H,15-16H2/b13-12+. The van der Waals surface area contributed by atoms with Crippen molar-refractivity contribution in [2.45, 2.75) is 0 Å². The molecule has 0 bridgehead atoms. The maximum atomic E-state index is 12.0. The fourth-order valence-electron chi connectivity index (χ4n) is 2.24. The molecule has 0 fully saturated rings. The Morgan fingerprint density at radius 3 is 2.36 bits per heavy atom. The third-order valence-corrected chi connectivity index (χ3v) is 3.56. The summed E-state index contributed by atoms with van der Waals surface area (Å²) in [6.45, 7) is 0.384. The molecule has 0 aliphatic carbocycles. The summed E-state index contributed by atoms with van der Waals surface area (Å²) in [6, 6.07) is 18.8. The summed E-state index contributed by atoms with van der Waals surface area (Å²) >= 11 is 0. The molecule has 0 aliphatic rings. The van der Waals surface area contributed by atoms with Crippen LogP contribution < -0.4 is 9.47 Å². The number of carbonyl (C=O) groups is 2. The van der Waals surface area contributed by atoms with E-state index in [2.05, 4.69) is 0 Å². The molecule has 0 amide bonds. The van der Waals surface area contributed by atoms with E-state index in [9.17, 15) is 9.59 Å². The van der Waals surface area contributed by atoms with Gasteiger partial charge in [0.15, 0.2) is 0 Å². The van der Waals surface area contributed by atoms with Crippen LogP contribution in [0.3, 0.4) is 0 Å². The molecule has 142 valence electrons. The number of carbonyl (C=O) groups excluding carboxylic acids is 2. The molecule has 0 aliphatic heterocycles. The van der Waals surface area contributed by atoms with Gasteiger partial charge in [-0.05, 0) is 54.6 Å². The first-order chi connectivity index (χ1) is 13.7. The zero-order valence-corrected chi connectivity index (χ0v) is 14.9. The number of esters is 2. The van der Waals surface area contributed by atoms with Gasteiger partial charge in [-0.25, -0.2) is 9.59 Å². The van der Waals surface area contributed by atoms with Gasteiger partial charge in [-0.15, -0.1) is 0 Å². The Morgan fingerprint density at radius 1 is 0.857 bits per heavy atom. The van der Waals surface area contributed by atoms with E-state index in [1.807, 2.05) is 30.3 Å². The summed E-state index contributed by atoms with van der Waals surface area (Å²) in [6.07, 6.45) is 4.27. The van der Waals surface area contributed by atoms with Crippen molar-refractivity contribution in [3.05, 3.63) is 90.4 Å². The molecule has 2 aromatic carbocycles. The van der Waals surface area contributed by atoms with Gasteiger partial charge in [0.2, 0.25) is 0 Å². The van der Waals surface area contributed by atoms with Gasteiger partial charge in [0, 0.05) is 6.08 Å². The number of hydrogen-bond donors (Lipinski definition) is 0. The maximum absolute atomic E-state index is 12.0. The normalized spacial score (nSPS) is 10.6. The number of ether oxygens (including phenoxy) is 3. The second-order valence-corrected chi connectivity index (χ2v) is 5.59. The van der Waals surface area contributed by atoms with Crippen LogP contribution in [0.15, 0.2) is 83.5 Å². The van der Waals surface area contributed by atoms with Crippen LogP contribution in [-0.4, -0.2) is 25.2 Å². The van der Waals surface area contributed by atoms with Gasteiger partial charge in [0.05, 0.1) is 11.8 Å². The van der Waals surface area contributed by atoms with Crippen molar-refractivity contribution in [2.75, 3.05) is 13.2 Å². The Kier molecular flexibility index (Phi) is 6.62. The lowest BCUT2D eigenvalue weighted by Gasteiger charge is -2.07. The molecule has 6 nitrogen and oxygen atoms in total. The van der Waals surface area contributed by atoms with E-state index < -0.39 is 11.9 Å². The van der Waals surface area contributed by atoms with E-state index in [1.54, 1.807) is 12.1 Å². The van der Waals surface area contributed by atoms with Crippen LogP contribution in [0, 0.1) is 0 Å². The highest BCUT2D eigenvalue weighted by Crippen LogP contribution is 2.14. The van der Waals surface area contributed by atoms with Crippen LogP contribution >= 0.6 is 0 Å². The highest BCUT2D eigenvalue weighted by atomic mass is 16.6. The SMILES string of the molecule is O=C(/C=C/c1ccco1)Oc1ccc(C(=O)OCCOc2ccccc2)cc1. The van der Waals surface area contributed by atoms with Crippen molar-refractivity contribution in [3.63, 3.8) is 0 Å². The first kappa shape index (κ1) is 19.0. The Bertz CT molecular complexity index is 911. The molecule has 0 saturated heterocycles.